The van der Waals surface area contributed by atoms with E-state index < -0.39 is 76.3 Å². The molecule has 1 aromatic rings. The monoisotopic (exact) mass is 446 g/mol. The van der Waals surface area contributed by atoms with E-state index in [1.165, 1.54) is 25.1 Å². The molecule has 32 heavy (non-hydrogen) atoms. The van der Waals surface area contributed by atoms with Gasteiger partial charge in [0.1, 0.15) is 23.2 Å². The number of aliphatic hydroxyl groups is 4. The van der Waals surface area contributed by atoms with Crippen molar-refractivity contribution in [1.29, 1.82) is 0 Å². The average molecular weight is 446 g/mol. The number of phenols is 1. The molecule has 5 unspecified atom stereocenters. The molecule has 0 spiro atoms. The Labute approximate surface area is 183 Å². The summed E-state index contributed by atoms with van der Waals surface area (Å²) in [6.45, 7) is 1.71. The predicted octanol–water partition coefficient (Wildman–Crippen LogP) is -1.18. The molecule has 1 saturated carbocycles. The van der Waals surface area contributed by atoms with E-state index in [-0.39, 0.29) is 11.3 Å². The molecule has 1 fully saturated rings. The summed E-state index contributed by atoms with van der Waals surface area (Å²) in [6, 6.07) is 3.19. The lowest BCUT2D eigenvalue weighted by molar-refractivity contribution is -0.221. The number of aromatic hydroxyl groups is 1. The third kappa shape index (κ3) is 2.57. The summed E-state index contributed by atoms with van der Waals surface area (Å²) < 4.78 is 0. The van der Waals surface area contributed by atoms with Crippen LogP contribution in [0.15, 0.2) is 29.5 Å². The maximum atomic E-state index is 13.4. The number of likely N-dealkylation sites (N-methyl/N-ethyl adjacent to an activating group) is 1. The molecule has 0 bridgehead atoms. The van der Waals surface area contributed by atoms with Gasteiger partial charge in [0.25, 0.3) is 5.91 Å². The Bertz CT molecular complexity index is 1070. The van der Waals surface area contributed by atoms with Crippen molar-refractivity contribution >= 4 is 17.5 Å². The van der Waals surface area contributed by atoms with Crippen molar-refractivity contribution in [1.82, 2.24) is 4.90 Å². The lowest BCUT2D eigenvalue weighted by Crippen LogP contribution is -2.74. The van der Waals surface area contributed by atoms with Gasteiger partial charge in [-0.2, -0.15) is 0 Å². The van der Waals surface area contributed by atoms with E-state index in [0.29, 0.717) is 5.56 Å². The van der Waals surface area contributed by atoms with Crippen LogP contribution in [0.1, 0.15) is 28.8 Å². The van der Waals surface area contributed by atoms with Crippen molar-refractivity contribution in [3.8, 4) is 5.75 Å². The van der Waals surface area contributed by atoms with Crippen LogP contribution in [0.25, 0.3) is 0 Å². The van der Waals surface area contributed by atoms with Crippen LogP contribution in [0, 0.1) is 17.8 Å². The Balaban J connectivity index is 1.99. The molecule has 3 aliphatic carbocycles. The fraction of sp³-hybridized carbons (Fsp3) is 0.500. The first-order chi connectivity index (χ1) is 14.9. The second-order valence-electron chi connectivity index (χ2n) is 9.14. The van der Waals surface area contributed by atoms with Gasteiger partial charge >= 0.3 is 0 Å². The van der Waals surface area contributed by atoms with Gasteiger partial charge in [-0.25, -0.2) is 0 Å². The average Bonchev–Trinajstić information content (AvgIpc) is 2.70. The number of carbonyl (C=O) groups is 3. The lowest BCUT2D eigenvalue weighted by atomic mass is 9.50. The number of benzene rings is 1. The second kappa shape index (κ2) is 7.11. The number of hydrogen-bond acceptors (Lipinski definition) is 9. The topological polar surface area (TPSA) is 182 Å². The Morgan fingerprint density at radius 3 is 2.31 bits per heavy atom. The van der Waals surface area contributed by atoms with Gasteiger partial charge in [0.15, 0.2) is 17.2 Å². The number of fused-ring (bicyclic) bond motifs is 3. The maximum Gasteiger partial charge on any atom is 0.255 e. The highest BCUT2D eigenvalue weighted by Gasteiger charge is 2.70. The minimum Gasteiger partial charge on any atom is -0.508 e. The molecule has 4 rings (SSSR count). The van der Waals surface area contributed by atoms with Crippen molar-refractivity contribution in [2.45, 2.75) is 36.7 Å². The number of ketones is 2. The van der Waals surface area contributed by atoms with Crippen molar-refractivity contribution in [2.24, 2.45) is 23.5 Å². The molecule has 0 aromatic heterocycles. The van der Waals surface area contributed by atoms with Crippen LogP contribution < -0.4 is 5.73 Å². The van der Waals surface area contributed by atoms with Crippen LogP contribution in [0.3, 0.4) is 0 Å². The Morgan fingerprint density at radius 1 is 1.12 bits per heavy atom. The summed E-state index contributed by atoms with van der Waals surface area (Å²) in [4.78, 5) is 39.8. The van der Waals surface area contributed by atoms with Gasteiger partial charge in [-0.05, 0) is 31.6 Å². The van der Waals surface area contributed by atoms with Gasteiger partial charge < -0.3 is 31.3 Å². The van der Waals surface area contributed by atoms with E-state index in [0.717, 1.165) is 0 Å². The Morgan fingerprint density at radius 2 is 1.75 bits per heavy atom. The van der Waals surface area contributed by atoms with Crippen molar-refractivity contribution in [2.75, 3.05) is 14.1 Å². The van der Waals surface area contributed by atoms with E-state index in [2.05, 4.69) is 0 Å². The molecule has 0 saturated heterocycles. The van der Waals surface area contributed by atoms with Crippen LogP contribution in [-0.2, 0) is 9.59 Å². The molecule has 10 heteroatoms. The molecular weight excluding hydrogens is 420 g/mol. The van der Waals surface area contributed by atoms with Gasteiger partial charge in [0, 0.05) is 11.8 Å². The number of amides is 1. The fourth-order valence-electron chi connectivity index (χ4n) is 6.05. The minimum atomic E-state index is -2.70. The predicted molar refractivity (Wildman–Crippen MR) is 110 cm³/mol. The minimum absolute atomic E-state index is 0.0378. The van der Waals surface area contributed by atoms with E-state index in [4.69, 9.17) is 5.73 Å². The van der Waals surface area contributed by atoms with Gasteiger partial charge in [-0.3, -0.25) is 19.3 Å². The zero-order valence-electron chi connectivity index (χ0n) is 17.8. The molecule has 3 aliphatic rings. The number of Topliss-reactive ketones (excluding diaryl/α,β-unsaturated/α-hetero) is 2. The van der Waals surface area contributed by atoms with Crippen LogP contribution in [0.2, 0.25) is 0 Å². The molecule has 0 radical (unpaired) electrons. The Hall–Kier alpha value is -2.79. The number of carbonyl (C=O) groups excluding carboxylic acids is 3. The number of hydrogen-bond donors (Lipinski definition) is 6. The quantitative estimate of drug-likeness (QED) is 0.305. The molecule has 8 atom stereocenters. The van der Waals surface area contributed by atoms with E-state index in [1.807, 2.05) is 0 Å². The number of phenolic OH excluding ortho intramolecular Hbond substituents is 1. The maximum absolute atomic E-state index is 13.4. The summed E-state index contributed by atoms with van der Waals surface area (Å²) >= 11 is 0. The van der Waals surface area contributed by atoms with Gasteiger partial charge in [0.05, 0.1) is 23.6 Å². The summed E-state index contributed by atoms with van der Waals surface area (Å²) in [5, 5.41) is 55.4. The first-order valence-electron chi connectivity index (χ1n) is 10.3. The van der Waals surface area contributed by atoms with Crippen LogP contribution in [0.5, 0.6) is 5.75 Å². The SMILES string of the molecule is C[C@H]1c2cccc(O)c2C(=O)C2C1[C@H](O)C1C(N(C)C)C(=O)C(C(N)=O)=C(O)[C@@]1(O)C2O. The van der Waals surface area contributed by atoms with Gasteiger partial charge in [-0.1, -0.05) is 19.1 Å². The van der Waals surface area contributed by atoms with Crippen molar-refractivity contribution in [3.05, 3.63) is 40.7 Å². The van der Waals surface area contributed by atoms with E-state index in [1.54, 1.807) is 19.1 Å². The Kier molecular flexibility index (Phi) is 4.98. The largest absolute Gasteiger partial charge is 0.508 e. The first kappa shape index (κ1) is 22.4. The second-order valence-corrected chi connectivity index (χ2v) is 9.14. The fourth-order valence-corrected chi connectivity index (χ4v) is 6.05. The molecule has 0 heterocycles. The standard InChI is InChI=1S/C22H26N2O8/c1-7-8-5-4-6-9(25)11(8)16(26)12-10(7)17(27)14-15(24(2)3)18(28)13(21(23)31)20(30)22(14,32)19(12)29/h4-7,10,12,14-15,17,19,25,27,29-30,32H,1-3H3,(H2,23,31)/t7-,10?,12?,14?,15?,17-,19?,22-/m0/s1. The first-order valence-corrected chi connectivity index (χ1v) is 10.3. The number of primary amides is 1. The molecule has 0 aliphatic heterocycles. The lowest BCUT2D eigenvalue weighted by Gasteiger charge is -2.58. The van der Waals surface area contributed by atoms with E-state index in [9.17, 15) is 39.9 Å². The van der Waals surface area contributed by atoms with Gasteiger partial charge in [-0.15, -0.1) is 0 Å². The molecular formula is C22H26N2O8. The molecule has 7 N–H and O–H groups in total. The third-order valence-electron chi connectivity index (χ3n) is 7.44. The van der Waals surface area contributed by atoms with Crippen LogP contribution >= 0.6 is 0 Å². The van der Waals surface area contributed by atoms with Crippen LogP contribution in [0.4, 0.5) is 0 Å². The zero-order valence-corrected chi connectivity index (χ0v) is 17.8. The summed E-state index contributed by atoms with van der Waals surface area (Å²) in [6.07, 6.45) is -3.52. The number of nitrogens with two attached hydrogens (primary N) is 1. The molecule has 10 nitrogen and oxygen atoms in total. The number of nitrogens with zero attached hydrogens (tertiary/aromatic N) is 1. The number of aliphatic hydroxyl groups excluding tert-OH is 3. The molecule has 172 valence electrons. The summed E-state index contributed by atoms with van der Waals surface area (Å²) in [7, 11) is 2.97. The molecule has 1 aromatic carbocycles. The van der Waals surface area contributed by atoms with Crippen LogP contribution in [-0.4, -0.2) is 85.9 Å². The van der Waals surface area contributed by atoms with Crippen molar-refractivity contribution in [3.63, 3.8) is 0 Å². The summed E-state index contributed by atoms with van der Waals surface area (Å²) in [5.74, 6) is -8.75. The molecule has 1 amide bonds. The summed E-state index contributed by atoms with van der Waals surface area (Å²) in [5.41, 5.74) is 2.13. The highest BCUT2D eigenvalue weighted by atomic mass is 16.4. The number of rotatable bonds is 2. The van der Waals surface area contributed by atoms with Gasteiger partial charge in [0.2, 0.25) is 0 Å². The normalized spacial score (nSPS) is 38.9. The van der Waals surface area contributed by atoms with E-state index >= 15 is 0 Å². The highest BCUT2D eigenvalue weighted by Crippen LogP contribution is 2.56. The third-order valence-corrected chi connectivity index (χ3v) is 7.44. The smallest absolute Gasteiger partial charge is 0.255 e. The zero-order chi connectivity index (χ0) is 23.9. The van der Waals surface area contributed by atoms with Crippen molar-refractivity contribution < 1.29 is 39.9 Å². The highest BCUT2D eigenvalue weighted by molar-refractivity contribution is 6.22.